The molecule has 9 nitrogen and oxygen atoms in total. The fourth-order valence-corrected chi connectivity index (χ4v) is 4.58. The Bertz CT molecular complexity index is 1230. The van der Waals surface area contributed by atoms with Crippen molar-refractivity contribution in [3.63, 3.8) is 0 Å². The molecule has 0 saturated heterocycles. The molecule has 0 atom stereocenters. The zero-order chi connectivity index (χ0) is 22.8. The van der Waals surface area contributed by atoms with Crippen LogP contribution in [0.5, 0.6) is 5.88 Å². The van der Waals surface area contributed by atoms with Gasteiger partial charge in [0.1, 0.15) is 0 Å². The van der Waals surface area contributed by atoms with Crippen molar-refractivity contribution in [2.75, 3.05) is 15.8 Å². The lowest BCUT2D eigenvalue weighted by Gasteiger charge is -2.13. The van der Waals surface area contributed by atoms with Gasteiger partial charge < -0.3 is 10.1 Å². The van der Waals surface area contributed by atoms with Crippen LogP contribution >= 0.6 is 22.6 Å². The van der Waals surface area contributed by atoms with Crippen LogP contribution in [-0.4, -0.2) is 41.4 Å². The number of H-pyrrole nitrogens is 1. The maximum Gasteiger partial charge on any atom is 0.259 e. The summed E-state index contributed by atoms with van der Waals surface area (Å²) in [5.74, 6) is -1.52. The number of carbonyl (C=O) groups excluding carboxylic acids is 1. The Hall–Kier alpha value is -2.48. The number of anilines is 2. The van der Waals surface area contributed by atoms with Crippen LogP contribution in [0.3, 0.4) is 0 Å². The van der Waals surface area contributed by atoms with E-state index >= 15 is 4.39 Å². The topological polar surface area (TPSA) is 126 Å². The van der Waals surface area contributed by atoms with Crippen molar-refractivity contribution < 1.29 is 22.3 Å². The highest BCUT2D eigenvalue weighted by atomic mass is 127. The van der Waals surface area contributed by atoms with E-state index in [0.717, 1.165) is 0 Å². The van der Waals surface area contributed by atoms with Crippen LogP contribution in [0.15, 0.2) is 24.4 Å². The molecule has 1 aromatic carbocycles. The number of amides is 1. The number of halogens is 2. The molecule has 3 aromatic rings. The van der Waals surface area contributed by atoms with E-state index in [4.69, 9.17) is 4.74 Å². The Kier molecular flexibility index (Phi) is 6.99. The minimum absolute atomic E-state index is 0.111. The number of hydrogen-bond acceptors (Lipinski definition) is 6. The van der Waals surface area contributed by atoms with Gasteiger partial charge in [-0.25, -0.2) is 17.8 Å². The van der Waals surface area contributed by atoms with Crippen molar-refractivity contribution in [2.45, 2.75) is 33.3 Å². The van der Waals surface area contributed by atoms with E-state index in [0.29, 0.717) is 32.6 Å². The van der Waals surface area contributed by atoms with Crippen LogP contribution in [-0.2, 0) is 10.0 Å². The van der Waals surface area contributed by atoms with E-state index in [1.54, 1.807) is 13.0 Å². The van der Waals surface area contributed by atoms with Crippen LogP contribution in [0, 0.1) is 9.39 Å². The van der Waals surface area contributed by atoms with Crippen LogP contribution in [0.4, 0.5) is 15.8 Å². The first kappa shape index (κ1) is 23.2. The maximum atomic E-state index is 15.0. The molecule has 166 valence electrons. The molecule has 0 saturated carbocycles. The van der Waals surface area contributed by atoms with Gasteiger partial charge in [0.15, 0.2) is 11.5 Å². The molecule has 3 N–H and O–H groups in total. The van der Waals surface area contributed by atoms with Gasteiger partial charge in [-0.05, 0) is 61.1 Å². The summed E-state index contributed by atoms with van der Waals surface area (Å²) in [7, 11) is -3.71. The number of nitrogens with one attached hydrogen (secondary N) is 3. The smallest absolute Gasteiger partial charge is 0.259 e. The molecule has 31 heavy (non-hydrogen) atoms. The highest BCUT2D eigenvalue weighted by Crippen LogP contribution is 2.28. The van der Waals surface area contributed by atoms with Crippen molar-refractivity contribution in [3.05, 3.63) is 39.3 Å². The van der Waals surface area contributed by atoms with Crippen molar-refractivity contribution in [1.29, 1.82) is 0 Å². The third-order valence-electron chi connectivity index (χ3n) is 4.04. The lowest BCUT2D eigenvalue weighted by atomic mass is 10.1. The second-order valence-corrected chi connectivity index (χ2v) is 9.98. The molecule has 0 aliphatic carbocycles. The fraction of sp³-hybridized carbons (Fsp3) is 0.316. The molecule has 0 aliphatic rings. The maximum absolute atomic E-state index is 15.0. The van der Waals surface area contributed by atoms with Crippen molar-refractivity contribution in [1.82, 2.24) is 15.2 Å². The molecule has 2 heterocycles. The molecule has 0 unspecified atom stereocenters. The number of pyridine rings is 1. The average Bonchev–Trinajstić information content (AvgIpc) is 3.05. The van der Waals surface area contributed by atoms with Crippen LogP contribution in [0.25, 0.3) is 11.0 Å². The molecule has 12 heteroatoms. The number of carbonyl (C=O) groups is 1. The quantitative estimate of drug-likeness (QED) is 0.359. The van der Waals surface area contributed by atoms with Gasteiger partial charge in [-0.15, -0.1) is 5.10 Å². The molecule has 2 aromatic heterocycles. The standard InChI is InChI=1S/C19H21FIN5O4S/c1-4-7-31(28,29)26-14-6-5-13(21)15(16(14)20)18(27)23-11-8-12-17(22-9-11)24-25-19(12)30-10(2)3/h5-6,8-10,26H,4,7H2,1-3H3,(H,23,27)(H,22,24,25). The summed E-state index contributed by atoms with van der Waals surface area (Å²) >= 11 is 1.82. The number of sulfonamides is 1. The van der Waals surface area contributed by atoms with E-state index in [1.807, 2.05) is 36.4 Å². The average molecular weight is 561 g/mol. The molecule has 0 aliphatic heterocycles. The van der Waals surface area contributed by atoms with E-state index in [9.17, 15) is 13.2 Å². The summed E-state index contributed by atoms with van der Waals surface area (Å²) in [5.41, 5.74) is 0.222. The summed E-state index contributed by atoms with van der Waals surface area (Å²) in [6.45, 7) is 5.41. The monoisotopic (exact) mass is 561 g/mol. The van der Waals surface area contributed by atoms with Crippen LogP contribution in [0.2, 0.25) is 0 Å². The molecular weight excluding hydrogens is 540 g/mol. The number of ether oxygens (including phenoxy) is 1. The first-order valence-electron chi connectivity index (χ1n) is 9.42. The fourth-order valence-electron chi connectivity index (χ4n) is 2.78. The SMILES string of the molecule is CCCS(=O)(=O)Nc1ccc(I)c(C(=O)Nc2cnc3[nH]nc(OC(C)C)c3c2)c1F. The van der Waals surface area contributed by atoms with E-state index in [-0.39, 0.29) is 23.1 Å². The second kappa shape index (κ2) is 9.34. The lowest BCUT2D eigenvalue weighted by molar-refractivity contribution is 0.102. The Morgan fingerprint density at radius 2 is 2.10 bits per heavy atom. The number of fused-ring (bicyclic) bond motifs is 1. The third kappa shape index (κ3) is 5.42. The van der Waals surface area contributed by atoms with Gasteiger partial charge in [0.2, 0.25) is 15.9 Å². The van der Waals surface area contributed by atoms with Gasteiger partial charge in [0, 0.05) is 3.57 Å². The van der Waals surface area contributed by atoms with Crippen molar-refractivity contribution >= 4 is 60.9 Å². The van der Waals surface area contributed by atoms with Crippen molar-refractivity contribution in [3.8, 4) is 5.88 Å². The molecule has 0 spiro atoms. The van der Waals surface area contributed by atoms with Gasteiger partial charge in [0.05, 0.1) is 40.4 Å². The molecule has 0 bridgehead atoms. The molecule has 0 radical (unpaired) electrons. The number of aromatic nitrogens is 3. The zero-order valence-corrected chi connectivity index (χ0v) is 20.0. The first-order valence-corrected chi connectivity index (χ1v) is 12.1. The number of aromatic amines is 1. The highest BCUT2D eigenvalue weighted by Gasteiger charge is 2.22. The number of benzene rings is 1. The lowest BCUT2D eigenvalue weighted by Crippen LogP contribution is -2.20. The summed E-state index contributed by atoms with van der Waals surface area (Å²) in [6, 6.07) is 4.37. The predicted octanol–water partition coefficient (Wildman–Crippen LogP) is 3.89. The number of rotatable bonds is 8. The van der Waals surface area contributed by atoms with Gasteiger partial charge in [-0.1, -0.05) is 6.92 Å². The van der Waals surface area contributed by atoms with Crippen LogP contribution in [0.1, 0.15) is 37.6 Å². The highest BCUT2D eigenvalue weighted by molar-refractivity contribution is 14.1. The van der Waals surface area contributed by atoms with Gasteiger partial charge in [-0.2, -0.15) is 0 Å². The molecular formula is C19H21FIN5O4S. The van der Waals surface area contributed by atoms with Crippen molar-refractivity contribution in [2.24, 2.45) is 0 Å². The molecule has 3 rings (SSSR count). The van der Waals surface area contributed by atoms with E-state index in [2.05, 4.69) is 25.2 Å². The minimum atomic E-state index is -3.71. The summed E-state index contributed by atoms with van der Waals surface area (Å²) in [4.78, 5) is 17.0. The largest absolute Gasteiger partial charge is 0.473 e. The second-order valence-electron chi connectivity index (χ2n) is 6.97. The van der Waals surface area contributed by atoms with Gasteiger partial charge >= 0.3 is 0 Å². The molecule has 0 fully saturated rings. The number of nitrogens with zero attached hydrogens (tertiary/aromatic N) is 2. The molecule has 1 amide bonds. The van der Waals surface area contributed by atoms with Crippen LogP contribution < -0.4 is 14.8 Å². The Morgan fingerprint density at radius 3 is 2.77 bits per heavy atom. The Balaban J connectivity index is 1.90. The van der Waals surface area contributed by atoms with Gasteiger partial charge in [-0.3, -0.25) is 14.6 Å². The summed E-state index contributed by atoms with van der Waals surface area (Å²) in [5, 5.41) is 9.95. The predicted molar refractivity (Wildman–Crippen MR) is 124 cm³/mol. The Labute approximate surface area is 192 Å². The van der Waals surface area contributed by atoms with E-state index < -0.39 is 21.7 Å². The first-order chi connectivity index (χ1) is 14.6. The normalized spacial score (nSPS) is 11.7. The number of hydrogen-bond donors (Lipinski definition) is 3. The summed E-state index contributed by atoms with van der Waals surface area (Å²) in [6.07, 6.45) is 1.66. The zero-order valence-electron chi connectivity index (χ0n) is 17.0. The third-order valence-corrected chi connectivity index (χ3v) is 6.42. The Morgan fingerprint density at radius 1 is 1.35 bits per heavy atom. The summed E-state index contributed by atoms with van der Waals surface area (Å²) < 4.78 is 47.2. The minimum Gasteiger partial charge on any atom is -0.473 e. The van der Waals surface area contributed by atoms with E-state index in [1.165, 1.54) is 18.3 Å². The van der Waals surface area contributed by atoms with Gasteiger partial charge in [0.25, 0.3) is 5.91 Å².